The highest BCUT2D eigenvalue weighted by atomic mass is 32.1. The van der Waals surface area contributed by atoms with Gasteiger partial charge in [-0.25, -0.2) is 4.98 Å². The molecule has 1 heterocycles. The maximum absolute atomic E-state index is 5.36. The lowest BCUT2D eigenvalue weighted by Gasteiger charge is -2.21. The van der Waals surface area contributed by atoms with Crippen LogP contribution in [0.1, 0.15) is 75.7 Å². The average molecular weight is 431 g/mol. The summed E-state index contributed by atoms with van der Waals surface area (Å²) in [7, 11) is 3.35. The van der Waals surface area contributed by atoms with Crippen molar-refractivity contribution in [3.05, 3.63) is 34.8 Å². The molecule has 0 N–H and O–H groups in total. The molecular weight excluding hydrogens is 392 g/mol. The van der Waals surface area contributed by atoms with E-state index < -0.39 is 0 Å². The highest BCUT2D eigenvalue weighted by Crippen LogP contribution is 2.27. The quantitative estimate of drug-likeness (QED) is 0.278. The number of hydrogen-bond acceptors (Lipinski definition) is 5. The summed E-state index contributed by atoms with van der Waals surface area (Å²) < 4.78 is 10.7. The molecule has 2 aromatic rings. The highest BCUT2D eigenvalue weighted by Gasteiger charge is 2.10. The first-order chi connectivity index (χ1) is 14.7. The fourth-order valence-corrected chi connectivity index (χ4v) is 4.24. The Hall–Kier alpha value is -2.01. The molecule has 1 aromatic carbocycles. The van der Waals surface area contributed by atoms with Crippen LogP contribution in [0, 0.1) is 0 Å². The second-order valence-corrected chi connectivity index (χ2v) is 8.67. The molecule has 166 valence electrons. The van der Waals surface area contributed by atoms with Crippen molar-refractivity contribution in [3.8, 4) is 11.5 Å². The second-order valence-electron chi connectivity index (χ2n) is 7.63. The number of benzene rings is 1. The van der Waals surface area contributed by atoms with Crippen LogP contribution >= 0.6 is 11.3 Å². The predicted octanol–water partition coefficient (Wildman–Crippen LogP) is 7.30. The van der Waals surface area contributed by atoms with E-state index in [0.29, 0.717) is 0 Å². The van der Waals surface area contributed by atoms with Gasteiger partial charge in [0, 0.05) is 30.2 Å². The topological polar surface area (TPSA) is 34.6 Å². The summed E-state index contributed by atoms with van der Waals surface area (Å²) in [6.07, 6.45) is 16.5. The Balaban J connectivity index is 2.04. The molecule has 0 aliphatic rings. The monoisotopic (exact) mass is 430 g/mol. The third kappa shape index (κ3) is 8.39. The molecule has 0 aliphatic heterocycles. The zero-order valence-electron chi connectivity index (χ0n) is 19.2. The van der Waals surface area contributed by atoms with Crippen molar-refractivity contribution in [2.24, 2.45) is 0 Å². The van der Waals surface area contributed by atoms with Gasteiger partial charge in [0.05, 0.1) is 14.2 Å². The van der Waals surface area contributed by atoms with Gasteiger partial charge in [0.25, 0.3) is 0 Å². The normalized spacial score (nSPS) is 11.2. The molecule has 0 saturated heterocycles. The molecule has 0 amide bonds. The van der Waals surface area contributed by atoms with Crippen molar-refractivity contribution < 1.29 is 9.47 Å². The van der Waals surface area contributed by atoms with Gasteiger partial charge in [-0.3, -0.25) is 0 Å². The van der Waals surface area contributed by atoms with E-state index in [0.717, 1.165) is 35.3 Å². The van der Waals surface area contributed by atoms with Gasteiger partial charge in [-0.1, -0.05) is 69.8 Å². The van der Waals surface area contributed by atoms with E-state index >= 15 is 0 Å². The van der Waals surface area contributed by atoms with Crippen molar-refractivity contribution in [1.82, 2.24) is 4.98 Å². The Kier molecular flexibility index (Phi) is 11.4. The summed E-state index contributed by atoms with van der Waals surface area (Å²) in [6, 6.07) is 5.90. The number of ether oxygens (including phenoxy) is 2. The summed E-state index contributed by atoms with van der Waals surface area (Å²) in [5.74, 6) is 1.59. The van der Waals surface area contributed by atoms with Crippen LogP contribution in [0.25, 0.3) is 12.2 Å². The number of aromatic nitrogens is 1. The summed E-state index contributed by atoms with van der Waals surface area (Å²) in [5, 5.41) is 1.14. The number of hydrogen-bond donors (Lipinski definition) is 0. The van der Waals surface area contributed by atoms with E-state index in [1.54, 1.807) is 25.6 Å². The Labute approximate surface area is 186 Å². The molecule has 0 unspecified atom stereocenters. The summed E-state index contributed by atoms with van der Waals surface area (Å²) in [6.45, 7) is 6.74. The van der Waals surface area contributed by atoms with Gasteiger partial charge in [-0.2, -0.15) is 0 Å². The van der Waals surface area contributed by atoms with Gasteiger partial charge >= 0.3 is 0 Å². The molecule has 4 nitrogen and oxygen atoms in total. The molecule has 0 aliphatic carbocycles. The molecule has 30 heavy (non-hydrogen) atoms. The van der Waals surface area contributed by atoms with Gasteiger partial charge < -0.3 is 14.4 Å². The van der Waals surface area contributed by atoms with Gasteiger partial charge in [0.2, 0.25) is 0 Å². The Bertz CT molecular complexity index is 723. The molecule has 0 fully saturated rings. The van der Waals surface area contributed by atoms with E-state index in [1.807, 2.05) is 24.4 Å². The predicted molar refractivity (Wildman–Crippen MR) is 131 cm³/mol. The third-order valence-electron chi connectivity index (χ3n) is 5.16. The zero-order valence-corrected chi connectivity index (χ0v) is 20.0. The number of anilines is 1. The van der Waals surface area contributed by atoms with Gasteiger partial charge in [-0.05, 0) is 36.6 Å². The van der Waals surface area contributed by atoms with Gasteiger partial charge in [-0.15, -0.1) is 0 Å². The molecule has 1 aromatic heterocycles. The van der Waals surface area contributed by atoms with E-state index in [2.05, 4.69) is 30.9 Å². The fourth-order valence-electron chi connectivity index (χ4n) is 3.37. The maximum Gasteiger partial charge on any atom is 0.185 e. The number of rotatable bonds is 15. The third-order valence-corrected chi connectivity index (χ3v) is 6.18. The molecular formula is C25H38N2O2S. The standard InChI is InChI=1S/C25H38N2O2S/c1-5-7-9-11-15-27(16-12-10-8-6-2)25-26-20-24(30-25)14-13-21-17-22(28-3)19-23(18-21)29-4/h13-14,17-20H,5-12,15-16H2,1-4H3/b14-13+. The van der Waals surface area contributed by atoms with Crippen LogP contribution in [0.5, 0.6) is 11.5 Å². The summed E-state index contributed by atoms with van der Waals surface area (Å²) in [5.41, 5.74) is 1.05. The smallest absolute Gasteiger partial charge is 0.185 e. The summed E-state index contributed by atoms with van der Waals surface area (Å²) in [4.78, 5) is 8.39. The van der Waals surface area contributed by atoms with E-state index in [1.165, 1.54) is 56.2 Å². The van der Waals surface area contributed by atoms with E-state index in [9.17, 15) is 0 Å². The van der Waals surface area contributed by atoms with Gasteiger partial charge in [0.15, 0.2) is 5.13 Å². The zero-order chi connectivity index (χ0) is 21.6. The Morgan fingerprint density at radius 3 is 1.97 bits per heavy atom. The van der Waals surface area contributed by atoms with Crippen LogP contribution in [0.2, 0.25) is 0 Å². The van der Waals surface area contributed by atoms with Crippen LogP contribution in [-0.2, 0) is 0 Å². The van der Waals surface area contributed by atoms with Crippen molar-refractivity contribution in [1.29, 1.82) is 0 Å². The lowest BCUT2D eigenvalue weighted by molar-refractivity contribution is 0.394. The van der Waals surface area contributed by atoms with Crippen molar-refractivity contribution in [2.75, 3.05) is 32.2 Å². The van der Waals surface area contributed by atoms with Crippen molar-refractivity contribution in [2.45, 2.75) is 65.2 Å². The SMILES string of the molecule is CCCCCCN(CCCCCC)c1ncc(/C=C/c2cc(OC)cc(OC)c2)s1. The molecule has 5 heteroatoms. The van der Waals surface area contributed by atoms with Crippen LogP contribution in [0.4, 0.5) is 5.13 Å². The first-order valence-corrected chi connectivity index (χ1v) is 12.1. The van der Waals surface area contributed by atoms with E-state index in [-0.39, 0.29) is 0 Å². The van der Waals surface area contributed by atoms with Crippen LogP contribution in [0.15, 0.2) is 24.4 Å². The molecule has 0 atom stereocenters. The minimum Gasteiger partial charge on any atom is -0.497 e. The molecule has 0 radical (unpaired) electrons. The first kappa shape index (κ1) is 24.3. The van der Waals surface area contributed by atoms with Crippen molar-refractivity contribution >= 4 is 28.6 Å². The van der Waals surface area contributed by atoms with Gasteiger partial charge in [0.1, 0.15) is 11.5 Å². The number of nitrogens with zero attached hydrogens (tertiary/aromatic N) is 2. The Morgan fingerprint density at radius 2 is 1.43 bits per heavy atom. The lowest BCUT2D eigenvalue weighted by Crippen LogP contribution is -2.25. The minimum atomic E-state index is 0.796. The highest BCUT2D eigenvalue weighted by molar-refractivity contribution is 7.16. The molecule has 0 bridgehead atoms. The first-order valence-electron chi connectivity index (χ1n) is 11.3. The van der Waals surface area contributed by atoms with E-state index in [4.69, 9.17) is 14.5 Å². The second kappa shape index (κ2) is 14.1. The average Bonchev–Trinajstić information content (AvgIpc) is 3.25. The number of unbranched alkanes of at least 4 members (excludes halogenated alkanes) is 6. The van der Waals surface area contributed by atoms with Crippen LogP contribution in [0.3, 0.4) is 0 Å². The van der Waals surface area contributed by atoms with Crippen LogP contribution < -0.4 is 14.4 Å². The number of methoxy groups -OCH3 is 2. The molecule has 0 spiro atoms. The van der Waals surface area contributed by atoms with Crippen molar-refractivity contribution in [3.63, 3.8) is 0 Å². The Morgan fingerprint density at radius 1 is 0.833 bits per heavy atom. The fraction of sp³-hybridized carbons (Fsp3) is 0.560. The molecule has 2 rings (SSSR count). The molecule has 0 saturated carbocycles. The largest absolute Gasteiger partial charge is 0.497 e. The van der Waals surface area contributed by atoms with Crippen LogP contribution in [-0.4, -0.2) is 32.3 Å². The maximum atomic E-state index is 5.36. The summed E-state index contributed by atoms with van der Waals surface area (Å²) >= 11 is 1.77. The lowest BCUT2D eigenvalue weighted by atomic mass is 10.2. The minimum absolute atomic E-state index is 0.796. The number of thiazole rings is 1.